The summed E-state index contributed by atoms with van der Waals surface area (Å²) in [5.74, 6) is -0.784. The fraction of sp³-hybridized carbons (Fsp3) is 0.417. The molecule has 0 unspecified atom stereocenters. The Kier molecular flexibility index (Phi) is 2.99. The van der Waals surface area contributed by atoms with Gasteiger partial charge in [-0.05, 0) is 31.0 Å². The van der Waals surface area contributed by atoms with Crippen molar-refractivity contribution in [3.63, 3.8) is 0 Å². The van der Waals surface area contributed by atoms with Gasteiger partial charge in [0.2, 0.25) is 0 Å². The number of hydrogen-bond donors (Lipinski definition) is 2. The summed E-state index contributed by atoms with van der Waals surface area (Å²) in [6, 6.07) is 6.07. The summed E-state index contributed by atoms with van der Waals surface area (Å²) in [7, 11) is 0. The minimum absolute atomic E-state index is 0.0672. The fourth-order valence-corrected chi connectivity index (χ4v) is 2.01. The predicted molar refractivity (Wildman–Crippen MR) is 64.1 cm³/mol. The summed E-state index contributed by atoms with van der Waals surface area (Å²) in [5, 5.41) is 12.2. The molecule has 1 aromatic carbocycles. The molecule has 2 rings (SSSR count). The van der Waals surface area contributed by atoms with E-state index in [1.54, 1.807) is 0 Å². The average molecular weight is 220 g/mol. The van der Waals surface area contributed by atoms with Crippen LogP contribution in [-0.4, -0.2) is 30.7 Å². The van der Waals surface area contributed by atoms with Crippen LogP contribution in [0.15, 0.2) is 18.2 Å². The van der Waals surface area contributed by atoms with Gasteiger partial charge in [0.15, 0.2) is 0 Å². The third-order valence-electron chi connectivity index (χ3n) is 2.74. The van der Waals surface area contributed by atoms with Gasteiger partial charge in [-0.25, -0.2) is 0 Å². The van der Waals surface area contributed by atoms with E-state index in [2.05, 4.69) is 11.4 Å². The molecule has 1 heterocycles. The molecule has 0 amide bonds. The lowest BCUT2D eigenvalue weighted by Crippen LogP contribution is -2.30. The molecular weight excluding hydrogens is 204 g/mol. The highest BCUT2D eigenvalue weighted by atomic mass is 16.4. The molecule has 0 fully saturated rings. The quantitative estimate of drug-likeness (QED) is 0.796. The van der Waals surface area contributed by atoms with Gasteiger partial charge in [-0.15, -0.1) is 0 Å². The van der Waals surface area contributed by atoms with Crippen LogP contribution < -0.4 is 10.2 Å². The topological polar surface area (TPSA) is 52.6 Å². The van der Waals surface area contributed by atoms with E-state index in [4.69, 9.17) is 5.11 Å². The van der Waals surface area contributed by atoms with E-state index in [0.29, 0.717) is 0 Å². The zero-order valence-corrected chi connectivity index (χ0v) is 9.36. The number of rotatable bonds is 2. The Balaban J connectivity index is 2.32. The summed E-state index contributed by atoms with van der Waals surface area (Å²) in [4.78, 5) is 12.7. The maximum absolute atomic E-state index is 10.8. The van der Waals surface area contributed by atoms with Crippen LogP contribution in [0.4, 0.5) is 11.4 Å². The second-order valence-electron chi connectivity index (χ2n) is 4.12. The molecule has 0 spiro atoms. The van der Waals surface area contributed by atoms with E-state index in [1.807, 2.05) is 24.0 Å². The Bertz CT molecular complexity index is 404. The van der Waals surface area contributed by atoms with Crippen molar-refractivity contribution in [3.05, 3.63) is 23.8 Å². The molecule has 0 saturated carbocycles. The highest BCUT2D eigenvalue weighted by Crippen LogP contribution is 2.29. The van der Waals surface area contributed by atoms with Gasteiger partial charge in [0.1, 0.15) is 6.54 Å². The van der Waals surface area contributed by atoms with E-state index in [0.717, 1.165) is 30.9 Å². The summed E-state index contributed by atoms with van der Waals surface area (Å²) < 4.78 is 0. The van der Waals surface area contributed by atoms with E-state index in [9.17, 15) is 4.79 Å². The summed E-state index contributed by atoms with van der Waals surface area (Å²) in [6.07, 6.45) is 0.959. The minimum Gasteiger partial charge on any atom is -0.480 e. The van der Waals surface area contributed by atoms with Crippen molar-refractivity contribution in [3.8, 4) is 0 Å². The number of fused-ring (bicyclic) bond motifs is 1. The normalized spacial score (nSPS) is 14.9. The molecule has 0 aliphatic carbocycles. The monoisotopic (exact) mass is 220 g/mol. The average Bonchev–Trinajstić information content (AvgIpc) is 2.40. The van der Waals surface area contributed by atoms with Gasteiger partial charge in [-0.1, -0.05) is 6.07 Å². The largest absolute Gasteiger partial charge is 0.480 e. The summed E-state index contributed by atoms with van der Waals surface area (Å²) in [5.41, 5.74) is 3.22. The van der Waals surface area contributed by atoms with Gasteiger partial charge in [0.25, 0.3) is 0 Å². The number of nitrogens with one attached hydrogen (secondary N) is 1. The molecule has 1 aliphatic rings. The van der Waals surface area contributed by atoms with Crippen LogP contribution in [0.2, 0.25) is 0 Å². The number of aryl methyl sites for hydroxylation is 1. The summed E-state index contributed by atoms with van der Waals surface area (Å²) >= 11 is 0. The molecular formula is C12H16N2O2. The lowest BCUT2D eigenvalue weighted by molar-refractivity contribution is -0.135. The molecule has 0 atom stereocenters. The number of carbonyl (C=O) groups is 1. The van der Waals surface area contributed by atoms with Crippen molar-refractivity contribution in [2.45, 2.75) is 13.3 Å². The molecule has 1 aromatic rings. The highest BCUT2D eigenvalue weighted by molar-refractivity contribution is 5.79. The Morgan fingerprint density at radius 1 is 1.56 bits per heavy atom. The molecule has 0 radical (unpaired) electrons. The highest BCUT2D eigenvalue weighted by Gasteiger charge is 2.16. The Hall–Kier alpha value is -1.71. The van der Waals surface area contributed by atoms with Gasteiger partial charge >= 0.3 is 5.97 Å². The van der Waals surface area contributed by atoms with Gasteiger partial charge in [-0.2, -0.15) is 0 Å². The first kappa shape index (κ1) is 10.8. The molecule has 0 saturated heterocycles. The van der Waals surface area contributed by atoms with Crippen molar-refractivity contribution in [2.24, 2.45) is 0 Å². The first-order valence-corrected chi connectivity index (χ1v) is 5.48. The fourth-order valence-electron chi connectivity index (χ4n) is 2.01. The van der Waals surface area contributed by atoms with E-state index < -0.39 is 5.97 Å². The van der Waals surface area contributed by atoms with Gasteiger partial charge < -0.3 is 15.3 Å². The van der Waals surface area contributed by atoms with Crippen LogP contribution in [0.1, 0.15) is 12.0 Å². The lowest BCUT2D eigenvalue weighted by atomic mass is 10.2. The second-order valence-corrected chi connectivity index (χ2v) is 4.12. The molecule has 4 heteroatoms. The van der Waals surface area contributed by atoms with Crippen LogP contribution in [0.3, 0.4) is 0 Å². The second kappa shape index (κ2) is 4.43. The molecule has 0 aromatic heterocycles. The standard InChI is InChI=1S/C12H16N2O2/c1-9-3-4-11-10(7-9)13-5-2-6-14(11)8-12(15)16/h3-4,7,13H,2,5-6,8H2,1H3,(H,15,16). The van der Waals surface area contributed by atoms with Gasteiger partial charge in [0, 0.05) is 13.1 Å². The smallest absolute Gasteiger partial charge is 0.323 e. The number of carboxylic acid groups (broad SMARTS) is 1. The Morgan fingerprint density at radius 2 is 2.38 bits per heavy atom. The van der Waals surface area contributed by atoms with E-state index in [1.165, 1.54) is 5.56 Å². The molecule has 86 valence electrons. The molecule has 2 N–H and O–H groups in total. The van der Waals surface area contributed by atoms with Crippen LogP contribution in [-0.2, 0) is 4.79 Å². The van der Waals surface area contributed by atoms with Gasteiger partial charge in [0.05, 0.1) is 11.4 Å². The SMILES string of the molecule is Cc1ccc2c(c1)NCCCN2CC(=O)O. The van der Waals surface area contributed by atoms with E-state index >= 15 is 0 Å². The van der Waals surface area contributed by atoms with Crippen LogP contribution >= 0.6 is 0 Å². The van der Waals surface area contributed by atoms with Gasteiger partial charge in [-0.3, -0.25) is 4.79 Å². The van der Waals surface area contributed by atoms with Crippen molar-refractivity contribution in [1.29, 1.82) is 0 Å². The van der Waals surface area contributed by atoms with Crippen LogP contribution in [0, 0.1) is 6.92 Å². The Labute approximate surface area is 94.9 Å². The number of hydrogen-bond acceptors (Lipinski definition) is 3. The summed E-state index contributed by atoms with van der Waals surface area (Å²) in [6.45, 7) is 3.79. The minimum atomic E-state index is -0.784. The molecule has 0 bridgehead atoms. The van der Waals surface area contributed by atoms with E-state index in [-0.39, 0.29) is 6.54 Å². The van der Waals surface area contributed by atoms with Crippen LogP contribution in [0.25, 0.3) is 0 Å². The number of aliphatic carboxylic acids is 1. The zero-order chi connectivity index (χ0) is 11.5. The first-order valence-electron chi connectivity index (χ1n) is 5.48. The molecule has 1 aliphatic heterocycles. The molecule has 4 nitrogen and oxygen atoms in total. The van der Waals surface area contributed by atoms with Crippen molar-refractivity contribution >= 4 is 17.3 Å². The number of nitrogens with zero attached hydrogens (tertiary/aromatic N) is 1. The van der Waals surface area contributed by atoms with Crippen LogP contribution in [0.5, 0.6) is 0 Å². The third kappa shape index (κ3) is 2.27. The zero-order valence-electron chi connectivity index (χ0n) is 9.36. The maximum atomic E-state index is 10.8. The first-order chi connectivity index (χ1) is 7.66. The number of carboxylic acids is 1. The Morgan fingerprint density at radius 3 is 3.12 bits per heavy atom. The van der Waals surface area contributed by atoms with Crippen molar-refractivity contribution in [2.75, 3.05) is 29.9 Å². The maximum Gasteiger partial charge on any atom is 0.323 e. The predicted octanol–water partition coefficient (Wildman–Crippen LogP) is 1.70. The number of anilines is 2. The third-order valence-corrected chi connectivity index (χ3v) is 2.74. The lowest BCUT2D eigenvalue weighted by Gasteiger charge is -2.22. The van der Waals surface area contributed by atoms with Crippen molar-refractivity contribution < 1.29 is 9.90 Å². The molecule has 16 heavy (non-hydrogen) atoms. The number of benzene rings is 1. The van der Waals surface area contributed by atoms with Crippen molar-refractivity contribution in [1.82, 2.24) is 0 Å².